The number of hydrazone groups is 1. The van der Waals surface area contributed by atoms with E-state index in [0.29, 0.717) is 16.4 Å². The largest absolute Gasteiger partial charge is 0.293 e. The summed E-state index contributed by atoms with van der Waals surface area (Å²) in [4.78, 5) is 39.5. The van der Waals surface area contributed by atoms with Gasteiger partial charge in [-0.1, -0.05) is 35.4 Å². The van der Waals surface area contributed by atoms with Crippen LogP contribution in [0.3, 0.4) is 0 Å². The maximum atomic E-state index is 13.2. The first-order chi connectivity index (χ1) is 12.9. The highest BCUT2D eigenvalue weighted by molar-refractivity contribution is 6.48. The Labute approximate surface area is 161 Å². The van der Waals surface area contributed by atoms with Crippen molar-refractivity contribution in [3.8, 4) is 0 Å². The Balaban J connectivity index is 1.80. The molecule has 2 aromatic carbocycles. The van der Waals surface area contributed by atoms with Crippen LogP contribution in [0.2, 0.25) is 5.02 Å². The summed E-state index contributed by atoms with van der Waals surface area (Å²) in [6.45, 7) is 3.27. The Kier molecular flexibility index (Phi) is 4.08. The third-order valence-electron chi connectivity index (χ3n) is 4.77. The molecule has 136 valence electrons. The van der Waals surface area contributed by atoms with Crippen LogP contribution in [0.5, 0.6) is 0 Å². The molecule has 0 aromatic heterocycles. The molecule has 0 bridgehead atoms. The molecule has 0 unspecified atom stereocenters. The van der Waals surface area contributed by atoms with E-state index in [1.807, 2.05) is 19.1 Å². The molecule has 2 heterocycles. The van der Waals surface area contributed by atoms with Gasteiger partial charge < -0.3 is 0 Å². The van der Waals surface area contributed by atoms with Crippen LogP contribution < -0.4 is 9.91 Å². The summed E-state index contributed by atoms with van der Waals surface area (Å²) in [7, 11) is 0. The van der Waals surface area contributed by atoms with Crippen LogP contribution in [0.15, 0.2) is 53.6 Å². The Morgan fingerprint density at radius 1 is 1.04 bits per heavy atom. The summed E-state index contributed by atoms with van der Waals surface area (Å²) in [5.74, 6) is -2.10. The number of benzene rings is 2. The summed E-state index contributed by atoms with van der Waals surface area (Å²) in [5, 5.41) is 6.21. The van der Waals surface area contributed by atoms with Gasteiger partial charge in [-0.05, 0) is 37.3 Å². The zero-order chi connectivity index (χ0) is 19.3. The van der Waals surface area contributed by atoms with Crippen molar-refractivity contribution < 1.29 is 14.4 Å². The molecule has 6 nitrogen and oxygen atoms in total. The van der Waals surface area contributed by atoms with Gasteiger partial charge in [-0.15, -0.1) is 0 Å². The molecule has 4 rings (SSSR count). The van der Waals surface area contributed by atoms with Gasteiger partial charge in [0, 0.05) is 11.9 Å². The third kappa shape index (κ3) is 2.73. The number of halogens is 1. The Bertz CT molecular complexity index is 1000. The lowest BCUT2D eigenvalue weighted by atomic mass is 9.95. The second-order valence-corrected chi connectivity index (χ2v) is 7.07. The molecule has 0 spiro atoms. The summed E-state index contributed by atoms with van der Waals surface area (Å²) < 4.78 is 0. The van der Waals surface area contributed by atoms with E-state index in [1.54, 1.807) is 36.4 Å². The number of fused-ring (bicyclic) bond motifs is 1. The molecule has 0 aliphatic carbocycles. The van der Waals surface area contributed by atoms with Crippen LogP contribution in [-0.4, -0.2) is 29.4 Å². The number of carbonyl (C=O) groups is 3. The lowest BCUT2D eigenvalue weighted by Crippen LogP contribution is -2.39. The summed E-state index contributed by atoms with van der Waals surface area (Å²) in [6.07, 6.45) is 0. The molecule has 7 heteroatoms. The molecule has 0 saturated carbocycles. The number of aryl methyl sites for hydroxylation is 1. The molecular weight excluding hydrogens is 366 g/mol. The Morgan fingerprint density at radius 3 is 2.37 bits per heavy atom. The molecule has 2 aromatic rings. The summed E-state index contributed by atoms with van der Waals surface area (Å²) in [6, 6.07) is 13.0. The highest BCUT2D eigenvalue weighted by Crippen LogP contribution is 2.38. The van der Waals surface area contributed by atoms with E-state index in [9.17, 15) is 14.4 Å². The molecule has 2 amide bonds. The number of carbonyl (C=O) groups excluding carboxylic acids is 3. The number of hydrogen-bond acceptors (Lipinski definition) is 5. The lowest BCUT2D eigenvalue weighted by molar-refractivity contribution is -0.122. The lowest BCUT2D eigenvalue weighted by Gasteiger charge is -2.22. The van der Waals surface area contributed by atoms with Gasteiger partial charge in [-0.2, -0.15) is 5.10 Å². The normalized spacial score (nSPS) is 21.5. The minimum Gasteiger partial charge on any atom is -0.293 e. The predicted molar refractivity (Wildman–Crippen MR) is 103 cm³/mol. The fourth-order valence-corrected chi connectivity index (χ4v) is 3.67. The molecule has 27 heavy (non-hydrogen) atoms. The monoisotopic (exact) mass is 381 g/mol. The van der Waals surface area contributed by atoms with Crippen LogP contribution in [0.4, 0.5) is 11.4 Å². The van der Waals surface area contributed by atoms with Crippen LogP contribution in [0.25, 0.3) is 0 Å². The van der Waals surface area contributed by atoms with Crippen LogP contribution in [0, 0.1) is 12.8 Å². The van der Waals surface area contributed by atoms with Crippen LogP contribution >= 0.6 is 11.6 Å². The first-order valence-electron chi connectivity index (χ1n) is 8.47. The van der Waals surface area contributed by atoms with Crippen LogP contribution in [-0.2, 0) is 14.4 Å². The van der Waals surface area contributed by atoms with E-state index in [4.69, 9.17) is 11.6 Å². The van der Waals surface area contributed by atoms with Crippen molar-refractivity contribution in [3.05, 3.63) is 59.1 Å². The highest BCUT2D eigenvalue weighted by atomic mass is 35.5. The zero-order valence-electron chi connectivity index (χ0n) is 14.7. The van der Waals surface area contributed by atoms with E-state index in [1.165, 1.54) is 11.9 Å². The van der Waals surface area contributed by atoms with Gasteiger partial charge in [-0.25, -0.2) is 4.90 Å². The second-order valence-electron chi connectivity index (χ2n) is 6.64. The van der Waals surface area contributed by atoms with E-state index < -0.39 is 23.8 Å². The van der Waals surface area contributed by atoms with Crippen molar-refractivity contribution in [3.63, 3.8) is 0 Å². The minimum absolute atomic E-state index is 0.0907. The van der Waals surface area contributed by atoms with E-state index in [2.05, 4.69) is 5.10 Å². The van der Waals surface area contributed by atoms with Gasteiger partial charge in [0.2, 0.25) is 5.91 Å². The van der Waals surface area contributed by atoms with Crippen LogP contribution in [0.1, 0.15) is 12.5 Å². The smallest absolute Gasteiger partial charge is 0.259 e. The first kappa shape index (κ1) is 17.4. The molecule has 2 aliphatic heterocycles. The average molecular weight is 382 g/mol. The van der Waals surface area contributed by atoms with E-state index in [-0.39, 0.29) is 11.5 Å². The molecular formula is C20H16ClN3O3. The van der Waals surface area contributed by atoms with E-state index >= 15 is 0 Å². The number of rotatable bonds is 3. The van der Waals surface area contributed by atoms with Crippen molar-refractivity contribution in [2.24, 2.45) is 11.0 Å². The Morgan fingerprint density at radius 2 is 1.74 bits per heavy atom. The van der Waals surface area contributed by atoms with Gasteiger partial charge in [0.05, 0.1) is 11.4 Å². The highest BCUT2D eigenvalue weighted by Gasteiger charge is 2.58. The number of anilines is 2. The van der Waals surface area contributed by atoms with Gasteiger partial charge in [0.15, 0.2) is 5.78 Å². The maximum absolute atomic E-state index is 13.2. The second kappa shape index (κ2) is 6.32. The van der Waals surface area contributed by atoms with Crippen molar-refractivity contribution in [2.75, 3.05) is 9.91 Å². The first-order valence-corrected chi connectivity index (χ1v) is 8.85. The minimum atomic E-state index is -0.921. The topological polar surface area (TPSA) is 70.1 Å². The summed E-state index contributed by atoms with van der Waals surface area (Å²) in [5.41, 5.74) is 2.15. The Hall–Kier alpha value is -2.99. The van der Waals surface area contributed by atoms with E-state index in [0.717, 1.165) is 10.5 Å². The fraction of sp³-hybridized carbons (Fsp3) is 0.200. The van der Waals surface area contributed by atoms with Crippen molar-refractivity contribution in [1.82, 2.24) is 0 Å². The number of amides is 2. The van der Waals surface area contributed by atoms with Gasteiger partial charge in [0.25, 0.3) is 5.91 Å². The molecule has 1 saturated heterocycles. The summed E-state index contributed by atoms with van der Waals surface area (Å²) >= 11 is 6.07. The van der Waals surface area contributed by atoms with Gasteiger partial charge >= 0.3 is 0 Å². The third-order valence-corrected chi connectivity index (χ3v) is 5.01. The van der Waals surface area contributed by atoms with Gasteiger partial charge in [-0.3, -0.25) is 19.4 Å². The number of Topliss-reactive ketones (excluding diaryl/α,β-unsaturated/α-hetero) is 1. The van der Waals surface area contributed by atoms with Crippen molar-refractivity contribution in [2.45, 2.75) is 19.9 Å². The molecule has 1 fully saturated rings. The number of hydrogen-bond donors (Lipinski definition) is 0. The molecule has 2 aliphatic rings. The predicted octanol–water partition coefficient (Wildman–Crippen LogP) is 2.97. The van der Waals surface area contributed by atoms with Crippen molar-refractivity contribution >= 4 is 46.3 Å². The molecule has 0 radical (unpaired) electrons. The SMILES string of the molecule is CC(=O)C1=NN(c2cccc(Cl)c2)[C@@H]2C(=O)N(c3ccc(C)cc3)C(=O)[C@@H]12. The molecule has 2 atom stereocenters. The quantitative estimate of drug-likeness (QED) is 0.766. The number of nitrogens with zero attached hydrogens (tertiary/aromatic N) is 3. The average Bonchev–Trinajstić information content (AvgIpc) is 3.14. The zero-order valence-corrected chi connectivity index (χ0v) is 15.5. The fourth-order valence-electron chi connectivity index (χ4n) is 3.49. The standard InChI is InChI=1S/C20H16ClN3O3/c1-11-6-8-14(9-7-11)23-19(26)16-17(12(2)25)22-24(18(16)20(23)27)15-5-3-4-13(21)10-15/h3-10,16,18H,1-2H3/t16-,18-/m0/s1. The van der Waals surface area contributed by atoms with Gasteiger partial charge in [0.1, 0.15) is 17.7 Å². The molecule has 0 N–H and O–H groups in total. The number of imide groups is 1. The van der Waals surface area contributed by atoms with Crippen molar-refractivity contribution in [1.29, 1.82) is 0 Å². The maximum Gasteiger partial charge on any atom is 0.259 e. The number of ketones is 1.